The van der Waals surface area contributed by atoms with Crippen molar-refractivity contribution in [3.05, 3.63) is 61.9 Å². The van der Waals surface area contributed by atoms with Gasteiger partial charge in [-0.1, -0.05) is 22.0 Å². The van der Waals surface area contributed by atoms with Crippen LogP contribution in [0, 0.1) is 11.7 Å². The quantitative estimate of drug-likeness (QED) is 0.735. The standard InChI is InChI=1S/C19H18BrFN4O2S/c1-27-9-13-15-6-10(17(22)26)8-25(15)18(19-23-4-5-28-19)24-16(13)12-3-2-11(21)7-14(12)20/h2-5,7,10,16H,6,8-9H2,1H3,(H2,22,26)/t10-,16+/m1/s1. The number of thiazole rings is 1. The van der Waals surface area contributed by atoms with Crippen LogP contribution in [0.4, 0.5) is 4.39 Å². The minimum Gasteiger partial charge on any atom is -0.380 e. The van der Waals surface area contributed by atoms with Gasteiger partial charge in [-0.15, -0.1) is 11.3 Å². The van der Waals surface area contributed by atoms with E-state index in [1.54, 1.807) is 19.4 Å². The summed E-state index contributed by atoms with van der Waals surface area (Å²) < 4.78 is 19.7. The van der Waals surface area contributed by atoms with Crippen LogP contribution in [0.15, 0.2) is 50.5 Å². The number of rotatable bonds is 5. The van der Waals surface area contributed by atoms with Crippen LogP contribution >= 0.6 is 27.3 Å². The first-order valence-corrected chi connectivity index (χ1v) is 10.4. The molecule has 0 aliphatic carbocycles. The second-order valence-corrected chi connectivity index (χ2v) is 8.43. The van der Waals surface area contributed by atoms with E-state index in [-0.39, 0.29) is 23.7 Å². The average molecular weight is 465 g/mol. The monoisotopic (exact) mass is 464 g/mol. The second-order valence-electron chi connectivity index (χ2n) is 6.68. The largest absolute Gasteiger partial charge is 0.380 e. The SMILES string of the molecule is COCC1=C2C[C@@H](C(N)=O)CN2C(c2nccs2)=N[C@H]1c1ccc(F)cc1Br. The molecule has 2 atom stereocenters. The van der Waals surface area contributed by atoms with E-state index in [0.29, 0.717) is 29.9 Å². The molecular weight excluding hydrogens is 447 g/mol. The van der Waals surface area contributed by atoms with Gasteiger partial charge in [-0.2, -0.15) is 0 Å². The van der Waals surface area contributed by atoms with E-state index in [1.807, 2.05) is 10.3 Å². The molecule has 1 aromatic carbocycles. The van der Waals surface area contributed by atoms with Crippen LogP contribution in [0.25, 0.3) is 0 Å². The molecule has 1 amide bonds. The van der Waals surface area contributed by atoms with Crippen molar-refractivity contribution in [2.45, 2.75) is 12.5 Å². The molecule has 1 saturated heterocycles. The first kappa shape index (κ1) is 19.2. The molecule has 0 radical (unpaired) electrons. The summed E-state index contributed by atoms with van der Waals surface area (Å²) in [6.45, 7) is 0.814. The molecule has 2 aromatic rings. The predicted molar refractivity (Wildman–Crippen MR) is 108 cm³/mol. The molecule has 2 N–H and O–H groups in total. The predicted octanol–water partition coefficient (Wildman–Crippen LogP) is 3.25. The highest BCUT2D eigenvalue weighted by molar-refractivity contribution is 9.10. The lowest BCUT2D eigenvalue weighted by atomic mass is 9.94. The number of methoxy groups -OCH3 is 1. The summed E-state index contributed by atoms with van der Waals surface area (Å²) >= 11 is 4.95. The molecule has 146 valence electrons. The van der Waals surface area contributed by atoms with Crippen LogP contribution in [0.1, 0.15) is 23.0 Å². The zero-order chi connectivity index (χ0) is 19.8. The van der Waals surface area contributed by atoms with Crippen molar-refractivity contribution < 1.29 is 13.9 Å². The molecule has 1 aromatic heterocycles. The number of nitrogens with zero attached hydrogens (tertiary/aromatic N) is 3. The number of aromatic nitrogens is 1. The third kappa shape index (κ3) is 3.38. The molecule has 0 unspecified atom stereocenters. The number of nitrogens with two attached hydrogens (primary N) is 1. The van der Waals surface area contributed by atoms with E-state index < -0.39 is 0 Å². The highest BCUT2D eigenvalue weighted by atomic mass is 79.9. The first-order valence-electron chi connectivity index (χ1n) is 8.70. The number of carbonyl (C=O) groups excluding carboxylic acids is 1. The summed E-state index contributed by atoms with van der Waals surface area (Å²) in [5.41, 5.74) is 8.35. The van der Waals surface area contributed by atoms with Crippen LogP contribution in [-0.4, -0.2) is 41.9 Å². The third-order valence-corrected chi connectivity index (χ3v) is 6.42. The van der Waals surface area contributed by atoms with Gasteiger partial charge in [-0.3, -0.25) is 9.79 Å². The van der Waals surface area contributed by atoms with Crippen molar-refractivity contribution in [2.24, 2.45) is 16.6 Å². The van der Waals surface area contributed by atoms with Gasteiger partial charge < -0.3 is 15.4 Å². The van der Waals surface area contributed by atoms with E-state index >= 15 is 0 Å². The number of allylic oxidation sites excluding steroid dienone is 1. The van der Waals surface area contributed by atoms with Gasteiger partial charge in [0.2, 0.25) is 5.91 Å². The maximum Gasteiger partial charge on any atom is 0.222 e. The van der Waals surface area contributed by atoms with Crippen molar-refractivity contribution in [1.82, 2.24) is 9.88 Å². The van der Waals surface area contributed by atoms with Crippen molar-refractivity contribution in [2.75, 3.05) is 20.3 Å². The van der Waals surface area contributed by atoms with E-state index in [9.17, 15) is 9.18 Å². The Hall–Kier alpha value is -2.10. The molecule has 2 aliphatic heterocycles. The number of benzene rings is 1. The fourth-order valence-corrected chi connectivity index (χ4v) is 4.89. The molecule has 0 bridgehead atoms. The van der Waals surface area contributed by atoms with Crippen LogP contribution in [0.5, 0.6) is 0 Å². The molecule has 3 heterocycles. The summed E-state index contributed by atoms with van der Waals surface area (Å²) in [7, 11) is 1.62. The van der Waals surface area contributed by atoms with Gasteiger partial charge in [0.1, 0.15) is 11.9 Å². The molecule has 0 saturated carbocycles. The Kier molecular flexibility index (Phi) is 5.31. The normalized spacial score (nSPS) is 21.7. The number of hydrogen-bond donors (Lipinski definition) is 1. The Morgan fingerprint density at radius 1 is 1.50 bits per heavy atom. The summed E-state index contributed by atoms with van der Waals surface area (Å²) in [5, 5.41) is 2.65. The number of carbonyl (C=O) groups is 1. The zero-order valence-electron chi connectivity index (χ0n) is 15.1. The van der Waals surface area contributed by atoms with Crippen molar-refractivity contribution in [1.29, 1.82) is 0 Å². The topological polar surface area (TPSA) is 80.8 Å². The summed E-state index contributed by atoms with van der Waals surface area (Å²) in [6, 6.07) is 4.20. The first-order chi connectivity index (χ1) is 13.5. The number of primary amides is 1. The zero-order valence-corrected chi connectivity index (χ0v) is 17.5. The number of fused-ring (bicyclic) bond motifs is 1. The lowest BCUT2D eigenvalue weighted by Gasteiger charge is -2.32. The van der Waals surface area contributed by atoms with Gasteiger partial charge in [0.05, 0.1) is 12.5 Å². The number of aliphatic imine (C=N–C) groups is 1. The van der Waals surface area contributed by atoms with E-state index in [0.717, 1.165) is 21.8 Å². The molecule has 6 nitrogen and oxygen atoms in total. The fraction of sp³-hybridized carbons (Fsp3) is 0.316. The molecule has 0 spiro atoms. The van der Waals surface area contributed by atoms with E-state index in [1.165, 1.54) is 23.5 Å². The highest BCUT2D eigenvalue weighted by Gasteiger charge is 2.41. The second kappa shape index (κ2) is 7.73. The molecule has 1 fully saturated rings. The Balaban J connectivity index is 1.88. The summed E-state index contributed by atoms with van der Waals surface area (Å²) in [6.07, 6.45) is 2.24. The Labute approximate surface area is 174 Å². The maximum absolute atomic E-state index is 13.6. The lowest BCUT2D eigenvalue weighted by molar-refractivity contribution is -0.121. The third-order valence-electron chi connectivity index (χ3n) is 4.96. The van der Waals surface area contributed by atoms with Gasteiger partial charge in [0, 0.05) is 47.4 Å². The Bertz CT molecular complexity index is 976. The number of amidine groups is 1. The fourth-order valence-electron chi connectivity index (χ4n) is 3.68. The van der Waals surface area contributed by atoms with Crippen LogP contribution < -0.4 is 5.73 Å². The number of hydrogen-bond acceptors (Lipinski definition) is 6. The minimum atomic E-state index is -0.369. The van der Waals surface area contributed by atoms with Gasteiger partial charge >= 0.3 is 0 Å². The minimum absolute atomic E-state index is 0.303. The molecule has 9 heteroatoms. The molecule has 28 heavy (non-hydrogen) atoms. The van der Waals surface area contributed by atoms with Gasteiger partial charge in [0.15, 0.2) is 10.8 Å². The summed E-state index contributed by atoms with van der Waals surface area (Å²) in [5.74, 6) is -0.262. The molecule has 2 aliphatic rings. The average Bonchev–Trinajstić information content (AvgIpc) is 3.32. The van der Waals surface area contributed by atoms with Crippen LogP contribution in [0.2, 0.25) is 0 Å². The number of ether oxygens (including phenoxy) is 1. The van der Waals surface area contributed by atoms with E-state index in [4.69, 9.17) is 15.5 Å². The molecular formula is C19H18BrFN4O2S. The number of amides is 1. The van der Waals surface area contributed by atoms with E-state index in [2.05, 4.69) is 20.9 Å². The lowest BCUT2D eigenvalue weighted by Crippen LogP contribution is -2.35. The van der Waals surface area contributed by atoms with Crippen molar-refractivity contribution in [3.63, 3.8) is 0 Å². The van der Waals surface area contributed by atoms with Gasteiger partial charge in [-0.25, -0.2) is 9.37 Å². The smallest absolute Gasteiger partial charge is 0.222 e. The maximum atomic E-state index is 13.6. The Morgan fingerprint density at radius 2 is 2.32 bits per heavy atom. The van der Waals surface area contributed by atoms with Crippen molar-refractivity contribution >= 4 is 39.0 Å². The van der Waals surface area contributed by atoms with Crippen LogP contribution in [-0.2, 0) is 9.53 Å². The number of halogens is 2. The molecule has 4 rings (SSSR count). The van der Waals surface area contributed by atoms with Crippen LogP contribution in [0.3, 0.4) is 0 Å². The Morgan fingerprint density at radius 3 is 2.96 bits per heavy atom. The highest BCUT2D eigenvalue weighted by Crippen LogP contribution is 2.43. The van der Waals surface area contributed by atoms with Crippen molar-refractivity contribution in [3.8, 4) is 0 Å². The van der Waals surface area contributed by atoms with Gasteiger partial charge in [-0.05, 0) is 17.7 Å². The van der Waals surface area contributed by atoms with Gasteiger partial charge in [0.25, 0.3) is 0 Å². The summed E-state index contributed by atoms with van der Waals surface area (Å²) in [4.78, 5) is 23.3.